The number of benzene rings is 1. The minimum absolute atomic E-state index is 0.0342. The van der Waals surface area contributed by atoms with Gasteiger partial charge in [0, 0.05) is 35.8 Å². The Balaban J connectivity index is 1.59. The molecule has 1 aliphatic rings. The average molecular weight is 306 g/mol. The second-order valence-electron chi connectivity index (χ2n) is 5.23. The van der Waals surface area contributed by atoms with Crippen molar-refractivity contribution in [3.63, 3.8) is 0 Å². The molecule has 2 amide bonds. The predicted molar refractivity (Wildman–Crippen MR) is 86.6 cm³/mol. The molecule has 21 heavy (non-hydrogen) atoms. The number of nitrogens with one attached hydrogen (secondary N) is 2. The Kier molecular flexibility index (Phi) is 6.14. The van der Waals surface area contributed by atoms with E-state index in [1.165, 1.54) is 10.5 Å². The number of carbonyl (C=O) groups excluding carboxylic acids is 1. The van der Waals surface area contributed by atoms with E-state index in [0.29, 0.717) is 6.54 Å². The van der Waals surface area contributed by atoms with Crippen LogP contribution in [0.5, 0.6) is 0 Å². The summed E-state index contributed by atoms with van der Waals surface area (Å²) in [4.78, 5) is 12.9. The van der Waals surface area contributed by atoms with E-state index in [4.69, 9.17) is 5.11 Å². The molecule has 0 saturated carbocycles. The number of hydrogen-bond donors (Lipinski definition) is 3. The molecule has 114 valence electrons. The minimum atomic E-state index is -0.146. The number of urea groups is 1. The number of aryl methyl sites for hydroxylation is 1. The maximum Gasteiger partial charge on any atom is 0.315 e. The third-order valence-electron chi connectivity index (χ3n) is 3.40. The quantitative estimate of drug-likeness (QED) is 0.429. The van der Waals surface area contributed by atoms with E-state index in [-0.39, 0.29) is 24.6 Å². The second-order valence-corrected chi connectivity index (χ2v) is 6.40. The molecule has 0 radical (unpaired) electrons. The highest BCUT2D eigenvalue weighted by atomic mass is 32.2. The Hall–Kier alpha value is -1.46. The summed E-state index contributed by atoms with van der Waals surface area (Å²) in [6, 6.07) is 8.26. The van der Waals surface area contributed by atoms with Gasteiger partial charge in [-0.05, 0) is 25.5 Å². The van der Waals surface area contributed by atoms with Crippen molar-refractivity contribution in [1.29, 1.82) is 0 Å². The smallest absolute Gasteiger partial charge is 0.315 e. The Morgan fingerprint density at radius 3 is 2.76 bits per heavy atom. The van der Waals surface area contributed by atoms with Crippen LogP contribution < -0.4 is 10.6 Å². The lowest BCUT2D eigenvalue weighted by molar-refractivity contribution is 0.232. The predicted octanol–water partition coefficient (Wildman–Crippen LogP) is 2.32. The van der Waals surface area contributed by atoms with Gasteiger partial charge in [0.25, 0.3) is 0 Å². The number of rotatable bonds is 6. The lowest BCUT2D eigenvalue weighted by atomic mass is 10.1. The molecule has 0 aliphatic heterocycles. The van der Waals surface area contributed by atoms with Gasteiger partial charge in [0.2, 0.25) is 0 Å². The van der Waals surface area contributed by atoms with Crippen molar-refractivity contribution >= 4 is 17.8 Å². The fraction of sp³-hybridized carbons (Fsp3) is 0.438. The van der Waals surface area contributed by atoms with Crippen LogP contribution in [0.25, 0.3) is 0 Å². The Morgan fingerprint density at radius 2 is 2.10 bits per heavy atom. The third kappa shape index (κ3) is 5.44. The van der Waals surface area contributed by atoms with E-state index in [2.05, 4.69) is 41.8 Å². The van der Waals surface area contributed by atoms with Crippen molar-refractivity contribution in [2.45, 2.75) is 24.3 Å². The van der Waals surface area contributed by atoms with E-state index in [1.807, 2.05) is 12.2 Å². The molecule has 4 nitrogen and oxygen atoms in total. The zero-order valence-electron chi connectivity index (χ0n) is 12.2. The molecule has 0 saturated heterocycles. The van der Waals surface area contributed by atoms with Gasteiger partial charge in [-0.1, -0.05) is 29.8 Å². The van der Waals surface area contributed by atoms with Crippen molar-refractivity contribution in [3.05, 3.63) is 42.0 Å². The first-order valence-electron chi connectivity index (χ1n) is 7.20. The van der Waals surface area contributed by atoms with Gasteiger partial charge in [-0.2, -0.15) is 0 Å². The van der Waals surface area contributed by atoms with Gasteiger partial charge >= 0.3 is 6.03 Å². The molecule has 0 heterocycles. The fourth-order valence-corrected chi connectivity index (χ4v) is 2.97. The second kappa shape index (κ2) is 8.10. The molecular weight excluding hydrogens is 284 g/mol. The van der Waals surface area contributed by atoms with Crippen LogP contribution in [0.3, 0.4) is 0 Å². The van der Waals surface area contributed by atoms with Crippen molar-refractivity contribution in [3.8, 4) is 0 Å². The molecule has 0 spiro atoms. The van der Waals surface area contributed by atoms with Gasteiger partial charge in [-0.25, -0.2) is 4.79 Å². The van der Waals surface area contributed by atoms with Gasteiger partial charge in [0.15, 0.2) is 0 Å². The summed E-state index contributed by atoms with van der Waals surface area (Å²) in [6.07, 6.45) is 4.68. The van der Waals surface area contributed by atoms with Crippen LogP contribution in [0.1, 0.15) is 12.0 Å². The van der Waals surface area contributed by atoms with Crippen LogP contribution in [0.2, 0.25) is 0 Å². The van der Waals surface area contributed by atoms with Crippen LogP contribution in [0.15, 0.2) is 41.3 Å². The molecule has 5 heteroatoms. The third-order valence-corrected chi connectivity index (χ3v) is 4.41. The molecule has 0 aromatic heterocycles. The molecule has 1 aliphatic carbocycles. The van der Waals surface area contributed by atoms with E-state index in [9.17, 15) is 4.79 Å². The number of thioether (sulfide) groups is 1. The molecule has 0 unspecified atom stereocenters. The topological polar surface area (TPSA) is 61.4 Å². The lowest BCUT2D eigenvalue weighted by Gasteiger charge is -2.13. The molecule has 0 fully saturated rings. The Bertz CT molecular complexity index is 488. The summed E-state index contributed by atoms with van der Waals surface area (Å²) in [6.45, 7) is 2.84. The molecule has 2 rings (SSSR count). The first-order valence-corrected chi connectivity index (χ1v) is 8.19. The summed E-state index contributed by atoms with van der Waals surface area (Å²) in [7, 11) is 0. The van der Waals surface area contributed by atoms with Crippen molar-refractivity contribution in [2.24, 2.45) is 5.92 Å². The first kappa shape index (κ1) is 15.9. The van der Waals surface area contributed by atoms with Gasteiger partial charge in [-0.15, -0.1) is 11.8 Å². The van der Waals surface area contributed by atoms with E-state index in [0.717, 1.165) is 12.2 Å². The van der Waals surface area contributed by atoms with Crippen LogP contribution in [0, 0.1) is 12.8 Å². The molecule has 1 aromatic carbocycles. The monoisotopic (exact) mass is 306 g/mol. The zero-order chi connectivity index (χ0) is 15.1. The van der Waals surface area contributed by atoms with Gasteiger partial charge in [0.05, 0.1) is 0 Å². The zero-order valence-corrected chi connectivity index (χ0v) is 13.0. The van der Waals surface area contributed by atoms with Crippen molar-refractivity contribution in [1.82, 2.24) is 10.6 Å². The minimum Gasteiger partial charge on any atom is -0.396 e. The summed E-state index contributed by atoms with van der Waals surface area (Å²) < 4.78 is 0. The van der Waals surface area contributed by atoms with Crippen molar-refractivity contribution in [2.75, 3.05) is 18.9 Å². The number of aliphatic hydroxyl groups is 1. The van der Waals surface area contributed by atoms with Crippen LogP contribution in [-0.2, 0) is 0 Å². The van der Waals surface area contributed by atoms with E-state index in [1.54, 1.807) is 11.8 Å². The summed E-state index contributed by atoms with van der Waals surface area (Å²) in [5.74, 6) is 1.02. The normalized spacial score (nSPS) is 20.5. The molecule has 0 bridgehead atoms. The average Bonchev–Trinajstić information content (AvgIpc) is 2.93. The molecular formula is C16H22N2O2S. The SMILES string of the molecule is Cc1ccc(SCCNC(=O)N[C@@H]2C=C[C@H](CO)C2)cc1. The van der Waals surface area contributed by atoms with E-state index >= 15 is 0 Å². The number of carbonyl (C=O) groups is 1. The van der Waals surface area contributed by atoms with Gasteiger partial charge < -0.3 is 15.7 Å². The number of hydrogen-bond acceptors (Lipinski definition) is 3. The van der Waals surface area contributed by atoms with Crippen molar-refractivity contribution < 1.29 is 9.90 Å². The summed E-state index contributed by atoms with van der Waals surface area (Å²) in [5, 5.41) is 14.8. The standard InChI is InChI=1S/C16H22N2O2S/c1-12-2-6-15(7-3-12)21-9-8-17-16(20)18-14-5-4-13(10-14)11-19/h2-7,13-14,19H,8-11H2,1H3,(H2,17,18,20)/t13-,14+/m0/s1. The van der Waals surface area contributed by atoms with E-state index < -0.39 is 0 Å². The van der Waals surface area contributed by atoms with Gasteiger partial charge in [-0.3, -0.25) is 0 Å². The van der Waals surface area contributed by atoms with Crippen LogP contribution in [-0.4, -0.2) is 36.1 Å². The highest BCUT2D eigenvalue weighted by molar-refractivity contribution is 7.99. The maximum atomic E-state index is 11.7. The summed E-state index contributed by atoms with van der Waals surface area (Å²) >= 11 is 1.73. The number of aliphatic hydroxyl groups excluding tert-OH is 1. The number of amides is 2. The molecule has 2 atom stereocenters. The fourth-order valence-electron chi connectivity index (χ4n) is 2.20. The molecule has 1 aromatic rings. The van der Waals surface area contributed by atoms with Crippen LogP contribution >= 0.6 is 11.8 Å². The molecule has 3 N–H and O–H groups in total. The first-order chi connectivity index (χ1) is 10.2. The van der Waals surface area contributed by atoms with Crippen LogP contribution in [0.4, 0.5) is 4.79 Å². The van der Waals surface area contributed by atoms with Gasteiger partial charge in [0.1, 0.15) is 0 Å². The maximum absolute atomic E-state index is 11.7. The Morgan fingerprint density at radius 1 is 1.33 bits per heavy atom. The largest absolute Gasteiger partial charge is 0.396 e. The lowest BCUT2D eigenvalue weighted by Crippen LogP contribution is -2.41. The summed E-state index contributed by atoms with van der Waals surface area (Å²) in [5.41, 5.74) is 1.25. The highest BCUT2D eigenvalue weighted by Crippen LogP contribution is 2.18. The Labute approximate surface area is 130 Å². The highest BCUT2D eigenvalue weighted by Gasteiger charge is 2.19.